The van der Waals surface area contributed by atoms with Crippen LogP contribution in [0.1, 0.15) is 39.4 Å². The molecule has 2 unspecified atom stereocenters. The number of aryl methyl sites for hydroxylation is 1. The summed E-state index contributed by atoms with van der Waals surface area (Å²) in [5.74, 6) is 0. The van der Waals surface area contributed by atoms with E-state index in [9.17, 15) is 0 Å². The minimum atomic E-state index is -0.208. The Morgan fingerprint density at radius 2 is 2.12 bits per heavy atom. The summed E-state index contributed by atoms with van der Waals surface area (Å²) in [5.41, 5.74) is 7.11. The molecule has 0 saturated carbocycles. The van der Waals surface area contributed by atoms with Gasteiger partial charge in [-0.15, -0.1) is 5.10 Å². The van der Waals surface area contributed by atoms with Crippen molar-refractivity contribution < 1.29 is 4.74 Å². The Labute approximate surface area is 97.0 Å². The maximum Gasteiger partial charge on any atom is 0.0831 e. The van der Waals surface area contributed by atoms with Gasteiger partial charge in [-0.05, 0) is 12.3 Å². The number of nitrogens with zero attached hydrogens (tertiary/aromatic N) is 3. The first-order chi connectivity index (χ1) is 7.38. The number of nitrogens with two attached hydrogens (primary N) is 1. The summed E-state index contributed by atoms with van der Waals surface area (Å²) in [5, 5.41) is 7.74. The van der Waals surface area contributed by atoms with Gasteiger partial charge in [-0.3, -0.25) is 4.68 Å². The van der Waals surface area contributed by atoms with Crippen LogP contribution in [0.2, 0.25) is 0 Å². The maximum absolute atomic E-state index is 6.23. The Morgan fingerprint density at radius 1 is 1.50 bits per heavy atom. The Hall–Kier alpha value is -0.940. The van der Waals surface area contributed by atoms with Crippen molar-refractivity contribution in [1.29, 1.82) is 0 Å². The van der Waals surface area contributed by atoms with Crippen LogP contribution >= 0.6 is 0 Å². The predicted octanol–water partition coefficient (Wildman–Crippen LogP) is 1.27. The molecule has 1 rings (SSSR count). The number of aromatic nitrogens is 3. The standard InChI is InChI=1S/C11H22N4O/c1-6-16-10(11(2,3)4)9(12)8-7-13-14-15(8)5/h7,9-10H,6,12H2,1-5H3. The summed E-state index contributed by atoms with van der Waals surface area (Å²) in [6.45, 7) is 9.00. The molecule has 2 N–H and O–H groups in total. The predicted molar refractivity (Wildman–Crippen MR) is 62.8 cm³/mol. The molecule has 5 nitrogen and oxygen atoms in total. The molecule has 1 aromatic rings. The third kappa shape index (κ3) is 2.80. The van der Waals surface area contributed by atoms with Gasteiger partial charge in [-0.2, -0.15) is 0 Å². The van der Waals surface area contributed by atoms with Gasteiger partial charge in [0.25, 0.3) is 0 Å². The Balaban J connectivity index is 2.92. The first kappa shape index (κ1) is 13.1. The molecule has 16 heavy (non-hydrogen) atoms. The zero-order valence-corrected chi connectivity index (χ0v) is 10.8. The molecule has 2 atom stereocenters. The Kier molecular flexibility index (Phi) is 4.04. The number of hydrogen-bond donors (Lipinski definition) is 1. The highest BCUT2D eigenvalue weighted by molar-refractivity contribution is 5.05. The van der Waals surface area contributed by atoms with Crippen molar-refractivity contribution in [2.75, 3.05) is 6.61 Å². The van der Waals surface area contributed by atoms with E-state index in [2.05, 4.69) is 31.1 Å². The van der Waals surface area contributed by atoms with Crippen molar-refractivity contribution in [3.8, 4) is 0 Å². The third-order valence-corrected chi connectivity index (χ3v) is 2.62. The van der Waals surface area contributed by atoms with Crippen LogP contribution in [-0.2, 0) is 11.8 Å². The summed E-state index contributed by atoms with van der Waals surface area (Å²) in [6.07, 6.45) is 1.65. The van der Waals surface area contributed by atoms with E-state index in [0.29, 0.717) is 6.61 Å². The van der Waals surface area contributed by atoms with Crippen LogP contribution in [-0.4, -0.2) is 27.7 Å². The third-order valence-electron chi connectivity index (χ3n) is 2.62. The normalized spacial score (nSPS) is 16.1. The van der Waals surface area contributed by atoms with Gasteiger partial charge in [-0.25, -0.2) is 0 Å². The van der Waals surface area contributed by atoms with Crippen molar-refractivity contribution in [3.63, 3.8) is 0 Å². The molecule has 0 aliphatic rings. The molecule has 0 aliphatic heterocycles. The maximum atomic E-state index is 6.23. The molecule has 5 heteroatoms. The van der Waals surface area contributed by atoms with Gasteiger partial charge in [0.05, 0.1) is 24.0 Å². The molecule has 0 radical (unpaired) electrons. The Bertz CT molecular complexity index is 329. The molecule has 0 aromatic carbocycles. The van der Waals surface area contributed by atoms with Crippen molar-refractivity contribution in [2.45, 2.75) is 39.8 Å². The topological polar surface area (TPSA) is 66.0 Å². The minimum absolute atomic E-state index is 0.0142. The van der Waals surface area contributed by atoms with Crippen LogP contribution < -0.4 is 5.73 Å². The number of hydrogen-bond acceptors (Lipinski definition) is 4. The first-order valence-corrected chi connectivity index (χ1v) is 5.59. The molecule has 1 aromatic heterocycles. The summed E-state index contributed by atoms with van der Waals surface area (Å²) in [6, 6.07) is -0.208. The van der Waals surface area contributed by atoms with Gasteiger partial charge < -0.3 is 10.5 Å². The summed E-state index contributed by atoms with van der Waals surface area (Å²) >= 11 is 0. The molecule has 0 bridgehead atoms. The summed E-state index contributed by atoms with van der Waals surface area (Å²) in [4.78, 5) is 0. The van der Waals surface area contributed by atoms with Crippen molar-refractivity contribution in [3.05, 3.63) is 11.9 Å². The lowest BCUT2D eigenvalue weighted by Crippen LogP contribution is -2.40. The molecule has 0 amide bonds. The zero-order chi connectivity index (χ0) is 12.3. The summed E-state index contributed by atoms with van der Waals surface area (Å²) in [7, 11) is 1.84. The fourth-order valence-corrected chi connectivity index (χ4v) is 1.83. The minimum Gasteiger partial charge on any atom is -0.376 e. The second-order valence-corrected chi connectivity index (χ2v) is 5.05. The van der Waals surface area contributed by atoms with E-state index >= 15 is 0 Å². The monoisotopic (exact) mass is 226 g/mol. The van der Waals surface area contributed by atoms with Crippen LogP contribution in [0.25, 0.3) is 0 Å². The quantitative estimate of drug-likeness (QED) is 0.839. The summed E-state index contributed by atoms with van der Waals surface area (Å²) < 4.78 is 7.45. The van der Waals surface area contributed by atoms with Crippen LogP contribution in [0.3, 0.4) is 0 Å². The van der Waals surface area contributed by atoms with E-state index in [4.69, 9.17) is 10.5 Å². The smallest absolute Gasteiger partial charge is 0.0831 e. The lowest BCUT2D eigenvalue weighted by Gasteiger charge is -2.34. The SMILES string of the molecule is CCOC(C(N)c1cnnn1C)C(C)(C)C. The van der Waals surface area contributed by atoms with Gasteiger partial charge in [-0.1, -0.05) is 26.0 Å². The lowest BCUT2D eigenvalue weighted by atomic mass is 9.84. The van der Waals surface area contributed by atoms with E-state index < -0.39 is 0 Å². The van der Waals surface area contributed by atoms with E-state index in [1.165, 1.54) is 0 Å². The van der Waals surface area contributed by atoms with Crippen molar-refractivity contribution in [2.24, 2.45) is 18.2 Å². The largest absolute Gasteiger partial charge is 0.376 e. The molecule has 1 heterocycles. The van der Waals surface area contributed by atoms with Gasteiger partial charge in [0.2, 0.25) is 0 Å². The number of ether oxygens (including phenoxy) is 1. The van der Waals surface area contributed by atoms with Crippen molar-refractivity contribution >= 4 is 0 Å². The van der Waals surface area contributed by atoms with Gasteiger partial charge in [0.1, 0.15) is 0 Å². The second-order valence-electron chi connectivity index (χ2n) is 5.05. The van der Waals surface area contributed by atoms with Crippen LogP contribution in [0.15, 0.2) is 6.20 Å². The van der Waals surface area contributed by atoms with Crippen LogP contribution in [0.5, 0.6) is 0 Å². The molecule has 0 saturated heterocycles. The van der Waals surface area contributed by atoms with Gasteiger partial charge in [0.15, 0.2) is 0 Å². The van der Waals surface area contributed by atoms with E-state index in [1.807, 2.05) is 14.0 Å². The second kappa shape index (κ2) is 4.93. The van der Waals surface area contributed by atoms with Crippen LogP contribution in [0.4, 0.5) is 0 Å². The number of rotatable bonds is 4. The highest BCUT2D eigenvalue weighted by Gasteiger charge is 2.33. The molecule has 0 aliphatic carbocycles. The molecule has 0 spiro atoms. The fraction of sp³-hybridized carbons (Fsp3) is 0.818. The average molecular weight is 226 g/mol. The fourth-order valence-electron chi connectivity index (χ4n) is 1.83. The molecular weight excluding hydrogens is 204 g/mol. The highest BCUT2D eigenvalue weighted by Crippen LogP contribution is 2.30. The highest BCUT2D eigenvalue weighted by atomic mass is 16.5. The average Bonchev–Trinajstić information content (AvgIpc) is 2.58. The van der Waals surface area contributed by atoms with Gasteiger partial charge >= 0.3 is 0 Å². The Morgan fingerprint density at radius 3 is 2.50 bits per heavy atom. The van der Waals surface area contributed by atoms with Crippen molar-refractivity contribution in [1.82, 2.24) is 15.0 Å². The van der Waals surface area contributed by atoms with E-state index in [1.54, 1.807) is 10.9 Å². The first-order valence-electron chi connectivity index (χ1n) is 5.59. The van der Waals surface area contributed by atoms with Gasteiger partial charge in [0, 0.05) is 13.7 Å². The van der Waals surface area contributed by atoms with Crippen LogP contribution in [0, 0.1) is 5.41 Å². The zero-order valence-electron chi connectivity index (χ0n) is 10.8. The van der Waals surface area contributed by atoms with E-state index in [-0.39, 0.29) is 17.6 Å². The lowest BCUT2D eigenvalue weighted by molar-refractivity contribution is -0.0297. The van der Waals surface area contributed by atoms with E-state index in [0.717, 1.165) is 5.69 Å². The molecule has 92 valence electrons. The molecule has 0 fully saturated rings. The molecular formula is C11H22N4O.